The molecule has 2 aromatic rings. The summed E-state index contributed by atoms with van der Waals surface area (Å²) in [4.78, 5) is 32.4. The average Bonchev–Trinajstić information content (AvgIpc) is 3.05. The number of nitrogens with zero attached hydrogens (tertiary/aromatic N) is 3. The molecule has 0 N–H and O–H groups in total. The van der Waals surface area contributed by atoms with E-state index in [4.69, 9.17) is 0 Å². The van der Waals surface area contributed by atoms with Gasteiger partial charge in [0.25, 0.3) is 5.91 Å². The molecule has 0 atom stereocenters. The van der Waals surface area contributed by atoms with Crippen molar-refractivity contribution in [2.45, 2.75) is 20.4 Å². The van der Waals surface area contributed by atoms with Crippen molar-refractivity contribution < 1.29 is 14.0 Å². The minimum Gasteiger partial charge on any atom is -0.338 e. The number of hydrogen-bond acceptors (Lipinski definition) is 4. The van der Waals surface area contributed by atoms with Gasteiger partial charge in [-0.3, -0.25) is 19.5 Å². The Kier molecular flexibility index (Phi) is 6.46. The lowest BCUT2D eigenvalue weighted by atomic mass is 10.2. The van der Waals surface area contributed by atoms with Crippen molar-refractivity contribution in [1.82, 2.24) is 4.90 Å². The Morgan fingerprint density at radius 1 is 1.25 bits per heavy atom. The maximum atomic E-state index is 13.4. The fraction of sp³-hybridized carbons (Fsp3) is 0.286. The molecule has 0 saturated carbocycles. The Hall–Kier alpha value is -2.67. The van der Waals surface area contributed by atoms with Crippen LogP contribution in [0.2, 0.25) is 0 Å². The van der Waals surface area contributed by atoms with Gasteiger partial charge >= 0.3 is 0 Å². The molecule has 146 valence electrons. The number of carbonyl (C=O) groups excluding carboxylic acids is 2. The number of amides is 2. The van der Waals surface area contributed by atoms with Gasteiger partial charge in [0.2, 0.25) is 5.91 Å². The molecule has 7 heteroatoms. The highest BCUT2D eigenvalue weighted by Gasteiger charge is 2.28. The molecule has 0 aromatic heterocycles. The maximum absolute atomic E-state index is 13.4. The standard InChI is InChI=1S/C21H22FN3O2S/c1-3-24(13-16-5-4-6-17(22)11-16)20(27)14-28-21-23-12-19(26)25(21)18-9-7-15(2)8-10-18/h4-11H,3,12-14H2,1-2H3. The first kappa shape index (κ1) is 20.1. The molecule has 5 nitrogen and oxygen atoms in total. The van der Waals surface area contributed by atoms with Gasteiger partial charge in [-0.1, -0.05) is 41.6 Å². The molecule has 3 rings (SSSR count). The fourth-order valence-corrected chi connectivity index (χ4v) is 3.82. The summed E-state index contributed by atoms with van der Waals surface area (Å²) in [6.45, 7) is 4.82. The van der Waals surface area contributed by atoms with Crippen LogP contribution in [-0.4, -0.2) is 40.7 Å². The van der Waals surface area contributed by atoms with E-state index in [1.165, 1.54) is 23.9 Å². The van der Waals surface area contributed by atoms with E-state index in [-0.39, 0.29) is 29.9 Å². The van der Waals surface area contributed by atoms with Crippen LogP contribution in [0.3, 0.4) is 0 Å². The molecular formula is C21H22FN3O2S. The second-order valence-corrected chi connectivity index (χ2v) is 7.43. The van der Waals surface area contributed by atoms with Crippen molar-refractivity contribution in [2.24, 2.45) is 4.99 Å². The number of halogens is 1. The summed E-state index contributed by atoms with van der Waals surface area (Å²) in [6.07, 6.45) is 0. The van der Waals surface area contributed by atoms with Crippen LogP contribution in [-0.2, 0) is 16.1 Å². The van der Waals surface area contributed by atoms with Crippen LogP contribution in [0.1, 0.15) is 18.1 Å². The summed E-state index contributed by atoms with van der Waals surface area (Å²) in [5.41, 5.74) is 2.60. The molecule has 2 amide bonds. The molecule has 0 fully saturated rings. The smallest absolute Gasteiger partial charge is 0.254 e. The second-order valence-electron chi connectivity index (χ2n) is 6.49. The van der Waals surface area contributed by atoms with Crippen molar-refractivity contribution in [3.05, 3.63) is 65.5 Å². The number of hydrogen-bond donors (Lipinski definition) is 0. The first-order valence-corrected chi connectivity index (χ1v) is 10.1. The van der Waals surface area contributed by atoms with Gasteiger partial charge in [0.15, 0.2) is 5.17 Å². The molecular weight excluding hydrogens is 377 g/mol. The van der Waals surface area contributed by atoms with E-state index in [2.05, 4.69) is 4.99 Å². The predicted molar refractivity (Wildman–Crippen MR) is 111 cm³/mol. The van der Waals surface area contributed by atoms with Crippen LogP contribution >= 0.6 is 11.8 Å². The number of aliphatic imine (C=N–C) groups is 1. The fourth-order valence-electron chi connectivity index (χ4n) is 2.89. The first-order valence-electron chi connectivity index (χ1n) is 9.07. The molecule has 0 saturated heterocycles. The minimum absolute atomic E-state index is 0.0809. The molecule has 1 heterocycles. The Balaban J connectivity index is 1.63. The summed E-state index contributed by atoms with van der Waals surface area (Å²) in [6, 6.07) is 13.9. The lowest BCUT2D eigenvalue weighted by Crippen LogP contribution is -2.34. The van der Waals surface area contributed by atoms with Gasteiger partial charge in [-0.15, -0.1) is 0 Å². The summed E-state index contributed by atoms with van der Waals surface area (Å²) >= 11 is 1.25. The number of benzene rings is 2. The highest BCUT2D eigenvalue weighted by molar-refractivity contribution is 8.14. The van der Waals surface area contributed by atoms with E-state index in [1.54, 1.807) is 21.9 Å². The van der Waals surface area contributed by atoms with Crippen molar-refractivity contribution in [1.29, 1.82) is 0 Å². The monoisotopic (exact) mass is 399 g/mol. The molecule has 0 aliphatic carbocycles. The summed E-state index contributed by atoms with van der Waals surface area (Å²) in [5.74, 6) is -0.339. The van der Waals surface area contributed by atoms with Gasteiger partial charge in [-0.25, -0.2) is 4.39 Å². The summed E-state index contributed by atoms with van der Waals surface area (Å²) < 4.78 is 13.4. The van der Waals surface area contributed by atoms with Gasteiger partial charge in [0.1, 0.15) is 12.4 Å². The third-order valence-electron chi connectivity index (χ3n) is 4.40. The van der Waals surface area contributed by atoms with Crippen LogP contribution in [0.5, 0.6) is 0 Å². The minimum atomic E-state index is -0.317. The van der Waals surface area contributed by atoms with Crippen molar-refractivity contribution in [3.8, 4) is 0 Å². The lowest BCUT2D eigenvalue weighted by Gasteiger charge is -2.22. The van der Waals surface area contributed by atoms with Gasteiger partial charge in [-0.05, 0) is 43.7 Å². The zero-order valence-corrected chi connectivity index (χ0v) is 16.7. The molecule has 28 heavy (non-hydrogen) atoms. The van der Waals surface area contributed by atoms with Crippen LogP contribution < -0.4 is 4.90 Å². The Morgan fingerprint density at radius 3 is 2.68 bits per heavy atom. The van der Waals surface area contributed by atoms with E-state index < -0.39 is 0 Å². The maximum Gasteiger partial charge on any atom is 0.254 e. The van der Waals surface area contributed by atoms with Gasteiger partial charge in [0.05, 0.1) is 11.4 Å². The van der Waals surface area contributed by atoms with Gasteiger partial charge in [0, 0.05) is 13.1 Å². The highest BCUT2D eigenvalue weighted by atomic mass is 32.2. The van der Waals surface area contributed by atoms with Gasteiger partial charge < -0.3 is 4.90 Å². The van der Waals surface area contributed by atoms with E-state index in [1.807, 2.05) is 38.1 Å². The molecule has 2 aromatic carbocycles. The Bertz CT molecular complexity index is 899. The lowest BCUT2D eigenvalue weighted by molar-refractivity contribution is -0.128. The number of thioether (sulfide) groups is 1. The van der Waals surface area contributed by atoms with E-state index >= 15 is 0 Å². The van der Waals surface area contributed by atoms with Crippen LogP contribution in [0, 0.1) is 12.7 Å². The molecule has 1 aliphatic rings. The van der Waals surface area contributed by atoms with Crippen LogP contribution in [0.25, 0.3) is 0 Å². The average molecular weight is 399 g/mol. The normalized spacial score (nSPS) is 13.6. The number of rotatable bonds is 6. The van der Waals surface area contributed by atoms with Crippen molar-refractivity contribution in [2.75, 3.05) is 23.7 Å². The zero-order chi connectivity index (χ0) is 20.1. The molecule has 0 spiro atoms. The Morgan fingerprint density at radius 2 is 2.00 bits per heavy atom. The summed E-state index contributed by atoms with van der Waals surface area (Å²) in [5, 5.41) is 0.531. The van der Waals surface area contributed by atoms with Crippen LogP contribution in [0.4, 0.5) is 10.1 Å². The van der Waals surface area contributed by atoms with E-state index in [9.17, 15) is 14.0 Å². The SMILES string of the molecule is CCN(Cc1cccc(F)c1)C(=O)CSC1=NCC(=O)N1c1ccc(C)cc1. The van der Waals surface area contributed by atoms with Gasteiger partial charge in [-0.2, -0.15) is 0 Å². The molecule has 1 aliphatic heterocycles. The molecule has 0 unspecified atom stereocenters. The zero-order valence-electron chi connectivity index (χ0n) is 15.9. The number of aryl methyl sites for hydroxylation is 1. The number of anilines is 1. The highest BCUT2D eigenvalue weighted by Crippen LogP contribution is 2.24. The van der Waals surface area contributed by atoms with Crippen molar-refractivity contribution >= 4 is 34.4 Å². The number of amidine groups is 1. The van der Waals surface area contributed by atoms with E-state index in [0.717, 1.165) is 16.8 Å². The quantitative estimate of drug-likeness (QED) is 0.746. The Labute approximate surface area is 168 Å². The first-order chi connectivity index (χ1) is 13.5. The van der Waals surface area contributed by atoms with Crippen LogP contribution in [0.15, 0.2) is 53.5 Å². The molecule has 0 bridgehead atoms. The third kappa shape index (κ3) is 4.78. The van der Waals surface area contributed by atoms with E-state index in [0.29, 0.717) is 18.3 Å². The number of carbonyl (C=O) groups is 2. The molecule has 0 radical (unpaired) electrons. The second kappa shape index (κ2) is 9.01. The predicted octanol–water partition coefficient (Wildman–Crippen LogP) is 3.62. The third-order valence-corrected chi connectivity index (χ3v) is 5.37. The summed E-state index contributed by atoms with van der Waals surface area (Å²) in [7, 11) is 0. The topological polar surface area (TPSA) is 53.0 Å². The largest absolute Gasteiger partial charge is 0.338 e. The van der Waals surface area contributed by atoms with Crippen molar-refractivity contribution in [3.63, 3.8) is 0 Å².